The van der Waals surface area contributed by atoms with Crippen LogP contribution in [0, 0.1) is 10.1 Å². The Labute approximate surface area is 289 Å². The predicted molar refractivity (Wildman–Crippen MR) is 199 cm³/mol. The van der Waals surface area contributed by atoms with Crippen LogP contribution in [0.5, 0.6) is 17.2 Å². The number of thiophene rings is 1. The molecule has 0 radical (unpaired) electrons. The van der Waals surface area contributed by atoms with E-state index in [2.05, 4.69) is 27.9 Å². The zero-order valence-corrected chi connectivity index (χ0v) is 28.8. The van der Waals surface area contributed by atoms with Crippen molar-refractivity contribution in [1.29, 1.82) is 0 Å². The normalized spacial score (nSPS) is 10.8. The Hall–Kier alpha value is -6.01. The van der Waals surface area contributed by atoms with E-state index in [0.29, 0.717) is 28.5 Å². The minimum Gasteiger partial charge on any atom is -0.496 e. The number of nitrogens with zero attached hydrogens (tertiary/aromatic N) is 3. The molecule has 5 rings (SSSR count). The number of nitrogens with one attached hydrogen (secondary N) is 2. The van der Waals surface area contributed by atoms with Gasteiger partial charge < -0.3 is 29.4 Å². The van der Waals surface area contributed by atoms with Gasteiger partial charge in [0, 0.05) is 56.8 Å². The van der Waals surface area contributed by atoms with E-state index in [-0.39, 0.29) is 5.69 Å². The van der Waals surface area contributed by atoms with Crippen LogP contribution in [0.3, 0.4) is 0 Å². The first kappa shape index (κ1) is 34.3. The Morgan fingerprint density at radius 3 is 2.20 bits per heavy atom. The molecule has 12 heteroatoms. The molecular formula is C37H37N5O6S. The van der Waals surface area contributed by atoms with Crippen molar-refractivity contribution in [3.63, 3.8) is 0 Å². The molecule has 0 aliphatic rings. The molecule has 0 saturated heterocycles. The maximum Gasteiger partial charge on any atom is 0.347 e. The summed E-state index contributed by atoms with van der Waals surface area (Å²) < 4.78 is 17.0. The van der Waals surface area contributed by atoms with Gasteiger partial charge in [-0.25, -0.2) is 4.79 Å². The highest BCUT2D eigenvalue weighted by molar-refractivity contribution is 7.16. The summed E-state index contributed by atoms with van der Waals surface area (Å²) in [4.78, 5) is 28.9. The van der Waals surface area contributed by atoms with Gasteiger partial charge in [0.15, 0.2) is 0 Å². The number of hydrogen-bond acceptors (Lipinski definition) is 11. The average molecular weight is 680 g/mol. The summed E-state index contributed by atoms with van der Waals surface area (Å²) in [6, 6.07) is 26.7. The molecule has 0 unspecified atom stereocenters. The molecule has 0 bridgehead atoms. The lowest BCUT2D eigenvalue weighted by Gasteiger charge is -2.21. The van der Waals surface area contributed by atoms with Gasteiger partial charge in [0.2, 0.25) is 0 Å². The van der Waals surface area contributed by atoms with Crippen molar-refractivity contribution in [3.05, 3.63) is 117 Å². The first-order valence-electron chi connectivity index (χ1n) is 15.2. The van der Waals surface area contributed by atoms with Crippen LogP contribution in [0.4, 0.5) is 27.8 Å². The van der Waals surface area contributed by atoms with E-state index in [4.69, 9.17) is 14.2 Å². The number of ether oxygens (including phenoxy) is 3. The molecule has 1 aromatic heterocycles. The van der Waals surface area contributed by atoms with Crippen LogP contribution < -0.4 is 34.9 Å². The summed E-state index contributed by atoms with van der Waals surface area (Å²) in [5.74, 6) is 0.702. The number of rotatable bonds is 13. The lowest BCUT2D eigenvalue weighted by molar-refractivity contribution is -0.384. The van der Waals surface area contributed by atoms with Crippen LogP contribution in [-0.4, -0.2) is 53.3 Å². The molecule has 0 amide bonds. The minimum atomic E-state index is -0.554. The van der Waals surface area contributed by atoms with E-state index in [1.54, 1.807) is 54.8 Å². The first-order chi connectivity index (χ1) is 23.6. The summed E-state index contributed by atoms with van der Waals surface area (Å²) in [7, 11) is 11.0. The second kappa shape index (κ2) is 15.3. The summed E-state index contributed by atoms with van der Waals surface area (Å²) >= 11 is 1.69. The van der Waals surface area contributed by atoms with Crippen LogP contribution in [0.1, 0.15) is 20.8 Å². The topological polar surface area (TPSA) is 118 Å². The van der Waals surface area contributed by atoms with Crippen LogP contribution in [0.2, 0.25) is 0 Å². The third-order valence-electron chi connectivity index (χ3n) is 7.53. The number of nitro groups is 1. The number of carbonyl (C=O) groups is 1. The van der Waals surface area contributed by atoms with Crippen molar-refractivity contribution in [3.8, 4) is 28.4 Å². The maximum absolute atomic E-state index is 13.3. The Kier molecular flexibility index (Phi) is 10.7. The molecule has 49 heavy (non-hydrogen) atoms. The summed E-state index contributed by atoms with van der Waals surface area (Å²) in [5, 5.41) is 12.1. The number of anilines is 4. The van der Waals surface area contributed by atoms with Gasteiger partial charge >= 0.3 is 5.97 Å². The molecule has 2 N–H and O–H groups in total. The predicted octanol–water partition coefficient (Wildman–Crippen LogP) is 8.30. The Bertz CT molecular complexity index is 1990. The number of esters is 1. The fourth-order valence-corrected chi connectivity index (χ4v) is 5.78. The van der Waals surface area contributed by atoms with Crippen LogP contribution in [-0.2, 0) is 0 Å². The van der Waals surface area contributed by atoms with Crippen LogP contribution >= 0.6 is 11.3 Å². The number of non-ortho nitro benzene ring substituents is 1. The zero-order valence-electron chi connectivity index (χ0n) is 28.0. The van der Waals surface area contributed by atoms with Gasteiger partial charge in [-0.1, -0.05) is 18.2 Å². The average Bonchev–Trinajstić information content (AvgIpc) is 3.59. The Morgan fingerprint density at radius 2 is 1.55 bits per heavy atom. The number of hydrogen-bond donors (Lipinski definition) is 2. The second-order valence-electron chi connectivity index (χ2n) is 11.3. The van der Waals surface area contributed by atoms with E-state index >= 15 is 0 Å². The van der Waals surface area contributed by atoms with Gasteiger partial charge in [-0.2, -0.15) is 0 Å². The highest BCUT2D eigenvalue weighted by atomic mass is 32.1. The fourth-order valence-electron chi connectivity index (χ4n) is 4.95. The summed E-state index contributed by atoms with van der Waals surface area (Å²) in [5.41, 5.74) is 11.5. The van der Waals surface area contributed by atoms with Gasteiger partial charge in [0.05, 0.1) is 41.2 Å². The number of hydrazine groups is 1. The third-order valence-corrected chi connectivity index (χ3v) is 8.75. The maximum atomic E-state index is 13.3. The Balaban J connectivity index is 1.30. The monoisotopic (exact) mass is 679 g/mol. The Morgan fingerprint density at radius 1 is 0.796 bits per heavy atom. The lowest BCUT2D eigenvalue weighted by Crippen LogP contribution is -2.15. The molecule has 0 fully saturated rings. The van der Waals surface area contributed by atoms with Gasteiger partial charge in [-0.3, -0.25) is 15.5 Å². The van der Waals surface area contributed by atoms with Gasteiger partial charge in [-0.05, 0) is 77.9 Å². The van der Waals surface area contributed by atoms with Crippen molar-refractivity contribution in [1.82, 2.24) is 0 Å². The largest absolute Gasteiger partial charge is 0.496 e. The third kappa shape index (κ3) is 8.29. The summed E-state index contributed by atoms with van der Waals surface area (Å²) in [6.45, 7) is 0. The van der Waals surface area contributed by atoms with Crippen molar-refractivity contribution in [2.24, 2.45) is 0 Å². The van der Waals surface area contributed by atoms with Crippen molar-refractivity contribution < 1.29 is 23.9 Å². The molecule has 11 nitrogen and oxygen atoms in total. The number of nitro benzene ring substituents is 1. The van der Waals surface area contributed by atoms with Gasteiger partial charge in [-0.15, -0.1) is 11.3 Å². The number of methoxy groups -OCH3 is 2. The van der Waals surface area contributed by atoms with Crippen LogP contribution in [0.25, 0.3) is 23.3 Å². The van der Waals surface area contributed by atoms with E-state index in [0.717, 1.165) is 32.9 Å². The van der Waals surface area contributed by atoms with Crippen LogP contribution in [0.15, 0.2) is 91.0 Å². The second-order valence-corrected chi connectivity index (χ2v) is 12.4. The fraction of sp³-hybridized carbons (Fsp3) is 0.162. The molecule has 252 valence electrons. The molecule has 0 aliphatic heterocycles. The standard InChI is InChI=1S/C37H37N5O6S/c1-40(2)33-22-25(9-19-32(33)39-38-26-10-12-27(13-11-26)42(44)45)30-18-14-28(23-35(30)47-6)48-37(43)31-17-8-24(21-34(31)46-5)7-15-29-16-20-36(49-29)41(3)4/h7-23,38-39H,1-6H3/b15-7+. The lowest BCUT2D eigenvalue weighted by atomic mass is 10.0. The number of benzene rings is 4. The van der Waals surface area contributed by atoms with Gasteiger partial charge in [0.25, 0.3) is 5.69 Å². The van der Waals surface area contributed by atoms with Crippen molar-refractivity contribution in [2.45, 2.75) is 0 Å². The molecule has 4 aromatic carbocycles. The molecule has 0 spiro atoms. The van der Waals surface area contributed by atoms with Gasteiger partial charge in [0.1, 0.15) is 22.8 Å². The molecule has 0 aliphatic carbocycles. The van der Waals surface area contributed by atoms with Crippen molar-refractivity contribution in [2.75, 3.05) is 63.1 Å². The molecule has 1 heterocycles. The van der Waals surface area contributed by atoms with Crippen molar-refractivity contribution >= 4 is 57.2 Å². The molecule has 0 atom stereocenters. The molecule has 0 saturated carbocycles. The quantitative estimate of drug-likeness (QED) is 0.0545. The molecule has 5 aromatic rings. The SMILES string of the molecule is COc1cc(/C=C/c2ccc(N(C)C)s2)ccc1C(=O)Oc1ccc(-c2ccc(NNc3ccc([N+](=O)[O-])cc3)c(N(C)C)c2)c(OC)c1. The minimum absolute atomic E-state index is 0.0183. The van der Waals surface area contributed by atoms with E-state index in [9.17, 15) is 14.9 Å². The van der Waals surface area contributed by atoms with E-state index in [1.807, 2.05) is 75.6 Å². The van der Waals surface area contributed by atoms with E-state index < -0.39 is 10.9 Å². The zero-order chi connectivity index (χ0) is 35.1. The highest BCUT2D eigenvalue weighted by Gasteiger charge is 2.18. The molecular weight excluding hydrogens is 643 g/mol. The first-order valence-corrected chi connectivity index (χ1v) is 16.0. The highest BCUT2D eigenvalue weighted by Crippen LogP contribution is 2.38. The number of carbonyl (C=O) groups excluding carboxylic acids is 1. The van der Waals surface area contributed by atoms with E-state index in [1.165, 1.54) is 24.2 Å². The smallest absolute Gasteiger partial charge is 0.347 e. The summed E-state index contributed by atoms with van der Waals surface area (Å²) in [6.07, 6.45) is 4.01.